The van der Waals surface area contributed by atoms with Crippen molar-refractivity contribution in [1.82, 2.24) is 29.4 Å². The molecule has 4 aromatic heterocycles. The normalized spacial score (nSPS) is 18.0. The third-order valence-corrected chi connectivity index (χ3v) is 6.35. The monoisotopic (exact) mass is 384 g/mol. The SMILES string of the molecule is C=C(c1cnn2ccc(-c3c[nH]c4ncccc34)cc12)N1CCN(C2CC2)CC1. The minimum absolute atomic E-state index is 0.843. The molecule has 6 rings (SSSR count). The molecule has 146 valence electrons. The first-order valence-corrected chi connectivity index (χ1v) is 10.4. The third-order valence-electron chi connectivity index (χ3n) is 6.35. The zero-order chi connectivity index (χ0) is 19.4. The van der Waals surface area contributed by atoms with Crippen molar-refractivity contribution in [1.29, 1.82) is 0 Å². The van der Waals surface area contributed by atoms with Crippen LogP contribution in [-0.4, -0.2) is 61.6 Å². The van der Waals surface area contributed by atoms with Gasteiger partial charge in [0.15, 0.2) is 0 Å². The standard InChI is InChI=1S/C23H24N6/c1-16(27-9-11-28(12-10-27)18-4-5-18)20-15-26-29-8-6-17(13-22(20)29)21-14-25-23-19(21)3-2-7-24-23/h2-3,6-8,13-15,18H,1,4-5,9-12H2,(H,24,25). The zero-order valence-corrected chi connectivity index (χ0v) is 16.4. The van der Waals surface area contributed by atoms with Gasteiger partial charge in [-0.15, -0.1) is 0 Å². The highest BCUT2D eigenvalue weighted by atomic mass is 15.3. The van der Waals surface area contributed by atoms with Crippen LogP contribution in [0.2, 0.25) is 0 Å². The van der Waals surface area contributed by atoms with Gasteiger partial charge in [0.25, 0.3) is 0 Å². The average Bonchev–Trinajstić information content (AvgIpc) is 3.40. The fourth-order valence-electron chi connectivity index (χ4n) is 4.53. The fourth-order valence-corrected chi connectivity index (χ4v) is 4.53. The van der Waals surface area contributed by atoms with E-state index in [0.717, 1.165) is 71.2 Å². The largest absolute Gasteiger partial charge is 0.369 e. The summed E-state index contributed by atoms with van der Waals surface area (Å²) >= 11 is 0. The maximum absolute atomic E-state index is 4.57. The van der Waals surface area contributed by atoms with Gasteiger partial charge in [0, 0.05) is 73.0 Å². The Morgan fingerprint density at radius 1 is 1.14 bits per heavy atom. The second kappa shape index (κ2) is 6.46. The van der Waals surface area contributed by atoms with E-state index in [-0.39, 0.29) is 0 Å². The smallest absolute Gasteiger partial charge is 0.137 e. The predicted molar refractivity (Wildman–Crippen MR) is 115 cm³/mol. The minimum Gasteiger partial charge on any atom is -0.369 e. The number of aromatic amines is 1. The van der Waals surface area contributed by atoms with Crippen molar-refractivity contribution in [2.75, 3.05) is 26.2 Å². The molecule has 1 saturated heterocycles. The van der Waals surface area contributed by atoms with Crippen molar-refractivity contribution < 1.29 is 0 Å². The number of aromatic nitrogens is 4. The highest BCUT2D eigenvalue weighted by molar-refractivity contribution is 5.94. The van der Waals surface area contributed by atoms with Crippen LogP contribution in [0.15, 0.2) is 55.6 Å². The Bertz CT molecular complexity index is 1210. The van der Waals surface area contributed by atoms with E-state index >= 15 is 0 Å². The van der Waals surface area contributed by atoms with Gasteiger partial charge in [0.1, 0.15) is 5.65 Å². The molecule has 0 radical (unpaired) electrons. The summed E-state index contributed by atoms with van der Waals surface area (Å²) in [6, 6.07) is 9.25. The molecule has 4 aromatic rings. The molecule has 1 aliphatic heterocycles. The number of H-pyrrole nitrogens is 1. The van der Waals surface area contributed by atoms with E-state index in [1.54, 1.807) is 0 Å². The van der Waals surface area contributed by atoms with E-state index in [1.807, 2.05) is 35.4 Å². The highest BCUT2D eigenvalue weighted by Gasteiger charge is 2.31. The molecule has 5 heterocycles. The number of rotatable bonds is 4. The first kappa shape index (κ1) is 16.8. The van der Waals surface area contributed by atoms with Crippen LogP contribution in [0.3, 0.4) is 0 Å². The number of piperazine rings is 1. The average molecular weight is 384 g/mol. The summed E-state index contributed by atoms with van der Waals surface area (Å²) in [5, 5.41) is 5.70. The molecule has 0 atom stereocenters. The van der Waals surface area contributed by atoms with Crippen LogP contribution in [0, 0.1) is 0 Å². The maximum Gasteiger partial charge on any atom is 0.137 e. The quantitative estimate of drug-likeness (QED) is 0.584. The second-order valence-corrected chi connectivity index (χ2v) is 8.11. The van der Waals surface area contributed by atoms with Crippen molar-refractivity contribution in [3.8, 4) is 11.1 Å². The van der Waals surface area contributed by atoms with Gasteiger partial charge in [0.05, 0.1) is 11.7 Å². The number of fused-ring (bicyclic) bond motifs is 2. The fraction of sp³-hybridized carbons (Fsp3) is 0.304. The number of hydrogen-bond donors (Lipinski definition) is 1. The minimum atomic E-state index is 0.843. The van der Waals surface area contributed by atoms with Gasteiger partial charge in [-0.2, -0.15) is 5.10 Å². The molecule has 2 fully saturated rings. The summed E-state index contributed by atoms with van der Waals surface area (Å²) in [5.74, 6) is 0. The molecule has 29 heavy (non-hydrogen) atoms. The lowest BCUT2D eigenvalue weighted by molar-refractivity contribution is 0.168. The van der Waals surface area contributed by atoms with Crippen LogP contribution in [0.25, 0.3) is 33.4 Å². The van der Waals surface area contributed by atoms with Crippen molar-refractivity contribution in [2.45, 2.75) is 18.9 Å². The van der Waals surface area contributed by atoms with Gasteiger partial charge in [0.2, 0.25) is 0 Å². The summed E-state index contributed by atoms with van der Waals surface area (Å²) in [6.45, 7) is 8.79. The van der Waals surface area contributed by atoms with Gasteiger partial charge >= 0.3 is 0 Å². The highest BCUT2D eigenvalue weighted by Crippen LogP contribution is 2.32. The number of nitrogens with zero attached hydrogens (tertiary/aromatic N) is 5. The van der Waals surface area contributed by atoms with E-state index in [0.29, 0.717) is 0 Å². The van der Waals surface area contributed by atoms with Crippen LogP contribution in [0.4, 0.5) is 0 Å². The third kappa shape index (κ3) is 2.83. The summed E-state index contributed by atoms with van der Waals surface area (Å²) in [6.07, 6.45) is 10.6. The molecule has 2 aliphatic rings. The molecule has 1 aliphatic carbocycles. The predicted octanol–water partition coefficient (Wildman–Crippen LogP) is 3.63. The Morgan fingerprint density at radius 2 is 2.00 bits per heavy atom. The van der Waals surface area contributed by atoms with Crippen molar-refractivity contribution in [2.24, 2.45) is 0 Å². The lowest BCUT2D eigenvalue weighted by Crippen LogP contribution is -2.46. The molecule has 0 amide bonds. The van der Waals surface area contributed by atoms with Crippen LogP contribution in [-0.2, 0) is 0 Å². The van der Waals surface area contributed by atoms with Crippen LogP contribution in [0.5, 0.6) is 0 Å². The van der Waals surface area contributed by atoms with Gasteiger partial charge in [-0.25, -0.2) is 9.50 Å². The zero-order valence-electron chi connectivity index (χ0n) is 16.4. The van der Waals surface area contributed by atoms with Crippen LogP contribution < -0.4 is 0 Å². The molecule has 0 spiro atoms. The lowest BCUT2D eigenvalue weighted by Gasteiger charge is -2.37. The van der Waals surface area contributed by atoms with Gasteiger partial charge in [-0.1, -0.05) is 6.58 Å². The van der Waals surface area contributed by atoms with Gasteiger partial charge < -0.3 is 9.88 Å². The first-order valence-electron chi connectivity index (χ1n) is 10.4. The Kier molecular flexibility index (Phi) is 3.74. The lowest BCUT2D eigenvalue weighted by atomic mass is 10.1. The summed E-state index contributed by atoms with van der Waals surface area (Å²) in [5.41, 5.74) is 6.51. The molecule has 1 N–H and O–H groups in total. The van der Waals surface area contributed by atoms with E-state index in [2.05, 4.69) is 49.6 Å². The summed E-state index contributed by atoms with van der Waals surface area (Å²) in [4.78, 5) is 12.7. The number of nitrogens with one attached hydrogen (secondary N) is 1. The molecule has 1 saturated carbocycles. The molecule has 6 heteroatoms. The number of pyridine rings is 2. The van der Waals surface area contributed by atoms with E-state index in [4.69, 9.17) is 0 Å². The number of hydrogen-bond acceptors (Lipinski definition) is 4. The van der Waals surface area contributed by atoms with E-state index in [9.17, 15) is 0 Å². The topological polar surface area (TPSA) is 52.5 Å². The Morgan fingerprint density at radius 3 is 2.83 bits per heavy atom. The summed E-state index contributed by atoms with van der Waals surface area (Å²) < 4.78 is 1.94. The van der Waals surface area contributed by atoms with Crippen molar-refractivity contribution in [3.05, 3.63) is 61.2 Å². The molecule has 0 bridgehead atoms. The second-order valence-electron chi connectivity index (χ2n) is 8.11. The van der Waals surface area contributed by atoms with Crippen LogP contribution >= 0.6 is 0 Å². The molecule has 6 nitrogen and oxygen atoms in total. The van der Waals surface area contributed by atoms with E-state index < -0.39 is 0 Å². The Hall–Kier alpha value is -3.12. The molecular weight excluding hydrogens is 360 g/mol. The maximum atomic E-state index is 4.57. The van der Waals surface area contributed by atoms with Gasteiger partial charge in [-0.3, -0.25) is 4.90 Å². The van der Waals surface area contributed by atoms with Crippen molar-refractivity contribution in [3.63, 3.8) is 0 Å². The summed E-state index contributed by atoms with van der Waals surface area (Å²) in [7, 11) is 0. The molecular formula is C23H24N6. The Labute approximate surface area is 169 Å². The van der Waals surface area contributed by atoms with Crippen molar-refractivity contribution >= 4 is 22.2 Å². The molecule has 0 unspecified atom stereocenters. The molecule has 0 aromatic carbocycles. The van der Waals surface area contributed by atoms with E-state index in [1.165, 1.54) is 12.8 Å². The van der Waals surface area contributed by atoms with Crippen LogP contribution in [0.1, 0.15) is 18.4 Å². The first-order chi connectivity index (χ1) is 14.3. The van der Waals surface area contributed by atoms with Gasteiger partial charge in [-0.05, 0) is 42.7 Å². The Balaban J connectivity index is 1.33.